The fraction of sp³-hybridized carbons (Fsp3) is 0.500. The van der Waals surface area contributed by atoms with Crippen molar-refractivity contribution >= 4 is 0 Å². The number of hydrogen-bond acceptors (Lipinski definition) is 2. The van der Waals surface area contributed by atoms with Crippen LogP contribution in [0.1, 0.15) is 54.5 Å². The molecule has 0 spiro atoms. The molecule has 0 bridgehead atoms. The number of aromatic nitrogens is 2. The lowest BCUT2D eigenvalue weighted by atomic mass is 9.88. The van der Waals surface area contributed by atoms with Gasteiger partial charge in [0.05, 0.1) is 11.7 Å². The van der Waals surface area contributed by atoms with Crippen molar-refractivity contribution in [1.82, 2.24) is 15.1 Å². The first-order valence-corrected chi connectivity index (χ1v) is 8.23. The van der Waals surface area contributed by atoms with Crippen LogP contribution >= 0.6 is 0 Å². The highest BCUT2D eigenvalue weighted by Gasteiger charge is 2.22. The third kappa shape index (κ3) is 2.62. The number of fused-ring (bicyclic) bond motifs is 1. The van der Waals surface area contributed by atoms with E-state index in [0.717, 1.165) is 19.5 Å². The molecule has 0 amide bonds. The predicted molar refractivity (Wildman–Crippen MR) is 84.3 cm³/mol. The van der Waals surface area contributed by atoms with Crippen molar-refractivity contribution in [1.29, 1.82) is 0 Å². The first-order valence-electron chi connectivity index (χ1n) is 8.23. The Labute approximate surface area is 126 Å². The molecule has 0 saturated heterocycles. The van der Waals surface area contributed by atoms with Crippen LogP contribution < -0.4 is 5.32 Å². The van der Waals surface area contributed by atoms with E-state index in [9.17, 15) is 0 Å². The lowest BCUT2D eigenvalue weighted by molar-refractivity contribution is 0.458. The summed E-state index contributed by atoms with van der Waals surface area (Å²) >= 11 is 0. The average molecular weight is 281 g/mol. The van der Waals surface area contributed by atoms with E-state index >= 15 is 0 Å². The van der Waals surface area contributed by atoms with Gasteiger partial charge in [-0.25, -0.2) is 0 Å². The highest BCUT2D eigenvalue weighted by Crippen LogP contribution is 2.30. The molecule has 1 aliphatic heterocycles. The maximum absolute atomic E-state index is 4.85. The van der Waals surface area contributed by atoms with Crippen molar-refractivity contribution in [3.8, 4) is 0 Å². The second-order valence-corrected chi connectivity index (χ2v) is 6.46. The molecule has 1 atom stereocenters. The first-order chi connectivity index (χ1) is 10.4. The monoisotopic (exact) mass is 281 g/mol. The summed E-state index contributed by atoms with van der Waals surface area (Å²) in [6, 6.07) is 11.7. The first kappa shape index (κ1) is 13.1. The van der Waals surface area contributed by atoms with Gasteiger partial charge in [-0.05, 0) is 36.5 Å². The minimum absolute atomic E-state index is 0.557. The topological polar surface area (TPSA) is 29.9 Å². The molecule has 1 aromatic carbocycles. The van der Waals surface area contributed by atoms with E-state index in [4.69, 9.17) is 5.10 Å². The van der Waals surface area contributed by atoms with Gasteiger partial charge in [0.25, 0.3) is 0 Å². The molecule has 2 aliphatic rings. The minimum atomic E-state index is 0.557. The molecule has 0 radical (unpaired) electrons. The van der Waals surface area contributed by atoms with Gasteiger partial charge in [-0.1, -0.05) is 37.1 Å². The fourth-order valence-corrected chi connectivity index (χ4v) is 3.88. The largest absolute Gasteiger partial charge is 0.312 e. The molecule has 1 aliphatic carbocycles. The van der Waals surface area contributed by atoms with Crippen LogP contribution in [0, 0.1) is 0 Å². The van der Waals surface area contributed by atoms with Crippen LogP contribution in [0.15, 0.2) is 36.5 Å². The van der Waals surface area contributed by atoms with Gasteiger partial charge < -0.3 is 5.32 Å². The molecular weight excluding hydrogens is 258 g/mol. The normalized spacial score (nSPS) is 22.4. The van der Waals surface area contributed by atoms with Crippen molar-refractivity contribution in [2.24, 2.45) is 0 Å². The number of nitrogens with one attached hydrogen (secondary N) is 1. The Morgan fingerprint density at radius 1 is 1.14 bits per heavy atom. The van der Waals surface area contributed by atoms with Gasteiger partial charge in [0.2, 0.25) is 0 Å². The van der Waals surface area contributed by atoms with Gasteiger partial charge in [-0.15, -0.1) is 0 Å². The van der Waals surface area contributed by atoms with Gasteiger partial charge in [0.15, 0.2) is 0 Å². The average Bonchev–Trinajstić information content (AvgIpc) is 3.18. The maximum Gasteiger partial charge on any atom is 0.0631 e. The maximum atomic E-state index is 4.85. The van der Waals surface area contributed by atoms with Crippen molar-refractivity contribution in [2.75, 3.05) is 6.54 Å². The van der Waals surface area contributed by atoms with Crippen LogP contribution in [0.5, 0.6) is 0 Å². The molecule has 1 saturated carbocycles. The molecular formula is C18H23N3. The molecule has 3 nitrogen and oxygen atoms in total. The zero-order valence-electron chi connectivity index (χ0n) is 12.5. The quantitative estimate of drug-likeness (QED) is 0.934. The van der Waals surface area contributed by atoms with Crippen molar-refractivity contribution < 1.29 is 0 Å². The van der Waals surface area contributed by atoms with E-state index in [0.29, 0.717) is 12.0 Å². The summed E-state index contributed by atoms with van der Waals surface area (Å²) in [4.78, 5) is 0. The highest BCUT2D eigenvalue weighted by molar-refractivity contribution is 5.33. The van der Waals surface area contributed by atoms with Crippen molar-refractivity contribution in [2.45, 2.75) is 50.6 Å². The molecule has 3 heteroatoms. The summed E-state index contributed by atoms with van der Waals surface area (Å²) in [6.07, 6.45) is 8.56. The van der Waals surface area contributed by atoms with E-state index in [1.165, 1.54) is 42.5 Å². The van der Waals surface area contributed by atoms with Crippen LogP contribution in [-0.4, -0.2) is 16.3 Å². The molecule has 1 aromatic heterocycles. The third-order valence-corrected chi connectivity index (χ3v) is 5.02. The Hall–Kier alpha value is -1.61. The minimum Gasteiger partial charge on any atom is -0.312 e. The van der Waals surface area contributed by atoms with Gasteiger partial charge in [-0.3, -0.25) is 4.68 Å². The van der Waals surface area contributed by atoms with Crippen molar-refractivity contribution in [3.05, 3.63) is 53.3 Å². The van der Waals surface area contributed by atoms with E-state index in [1.54, 1.807) is 0 Å². The number of hydrogen-bond donors (Lipinski definition) is 1. The molecule has 2 heterocycles. The summed E-state index contributed by atoms with van der Waals surface area (Å²) in [5.74, 6) is 0.557. The molecule has 1 unspecified atom stereocenters. The Balaban J connectivity index is 1.51. The zero-order chi connectivity index (χ0) is 14.1. The Kier molecular flexibility index (Phi) is 3.52. The molecule has 1 N–H and O–H groups in total. The van der Waals surface area contributed by atoms with Crippen LogP contribution in [0.25, 0.3) is 0 Å². The summed E-state index contributed by atoms with van der Waals surface area (Å²) in [6.45, 7) is 2.07. The predicted octanol–water partition coefficient (Wildman–Crippen LogP) is 3.43. The molecule has 1 fully saturated rings. The second-order valence-electron chi connectivity index (χ2n) is 6.46. The molecule has 2 aromatic rings. The van der Waals surface area contributed by atoms with Crippen molar-refractivity contribution in [3.63, 3.8) is 0 Å². The van der Waals surface area contributed by atoms with Crippen LogP contribution in [0.2, 0.25) is 0 Å². The van der Waals surface area contributed by atoms with Gasteiger partial charge in [0, 0.05) is 25.2 Å². The zero-order valence-corrected chi connectivity index (χ0v) is 12.5. The van der Waals surface area contributed by atoms with Gasteiger partial charge in [0.1, 0.15) is 0 Å². The lowest BCUT2D eigenvalue weighted by Crippen LogP contribution is -2.29. The van der Waals surface area contributed by atoms with E-state index in [2.05, 4.69) is 46.5 Å². The smallest absolute Gasteiger partial charge is 0.0631 e. The summed E-state index contributed by atoms with van der Waals surface area (Å²) in [5.41, 5.74) is 4.20. The Morgan fingerprint density at radius 2 is 2.00 bits per heavy atom. The van der Waals surface area contributed by atoms with E-state index < -0.39 is 0 Å². The van der Waals surface area contributed by atoms with Gasteiger partial charge in [-0.2, -0.15) is 5.10 Å². The number of rotatable bonds is 3. The summed E-state index contributed by atoms with van der Waals surface area (Å²) < 4.78 is 2.21. The summed E-state index contributed by atoms with van der Waals surface area (Å²) in [7, 11) is 0. The fourth-order valence-electron chi connectivity index (χ4n) is 3.88. The van der Waals surface area contributed by atoms with E-state index in [-0.39, 0.29) is 0 Å². The van der Waals surface area contributed by atoms with Gasteiger partial charge >= 0.3 is 0 Å². The molecule has 21 heavy (non-hydrogen) atoms. The number of nitrogens with zero attached hydrogens (tertiary/aromatic N) is 2. The van der Waals surface area contributed by atoms with Crippen LogP contribution in [0.4, 0.5) is 0 Å². The second kappa shape index (κ2) is 5.64. The van der Waals surface area contributed by atoms with Crippen LogP contribution in [-0.2, 0) is 13.0 Å². The molecule has 4 rings (SSSR count). The van der Waals surface area contributed by atoms with E-state index in [1.807, 2.05) is 0 Å². The van der Waals surface area contributed by atoms with Crippen LogP contribution in [0.3, 0.4) is 0 Å². The standard InChI is InChI=1S/C18H23N3/c1-4-8-18-14(5-1)12-19-13-15(18)11-16-9-10-21(20-16)17-6-2-3-7-17/h1,4-5,8-10,15,17,19H,2-3,6-7,11-13H2. The summed E-state index contributed by atoms with van der Waals surface area (Å²) in [5, 5.41) is 8.39. The Morgan fingerprint density at radius 3 is 2.90 bits per heavy atom. The Bertz CT molecular complexity index is 610. The third-order valence-electron chi connectivity index (χ3n) is 5.02. The SMILES string of the molecule is c1ccc2c(c1)CNCC2Cc1ccn(C2CCCC2)n1. The molecule has 110 valence electrons. The lowest BCUT2D eigenvalue weighted by Gasteiger charge is -2.25. The number of benzene rings is 1. The highest BCUT2D eigenvalue weighted by atomic mass is 15.3.